The van der Waals surface area contributed by atoms with Gasteiger partial charge in [0.05, 0.1) is 0 Å². The van der Waals surface area contributed by atoms with Crippen molar-refractivity contribution >= 4 is 11.7 Å². The molecule has 21 heavy (non-hydrogen) atoms. The normalized spacial score (nSPS) is 10.2. The molecule has 2 aromatic rings. The van der Waals surface area contributed by atoms with Gasteiger partial charge in [-0.2, -0.15) is 0 Å². The third-order valence-electron chi connectivity index (χ3n) is 3.52. The quantitative estimate of drug-likeness (QED) is 0.637. The lowest BCUT2D eigenvalue weighted by atomic mass is 10.1. The lowest BCUT2D eigenvalue weighted by Gasteiger charge is -2.17. The number of rotatable bonds is 4. The highest BCUT2D eigenvalue weighted by atomic mass is 16.2. The van der Waals surface area contributed by atoms with E-state index < -0.39 is 11.7 Å². The maximum atomic E-state index is 12.2. The molecular formula is C18H19NO2. The number of likely N-dealkylation sites (N-methyl/N-ethyl adjacent to an activating group) is 1. The lowest BCUT2D eigenvalue weighted by molar-refractivity contribution is -0.125. The van der Waals surface area contributed by atoms with Gasteiger partial charge in [0.2, 0.25) is 5.78 Å². The molecule has 108 valence electrons. The second kappa shape index (κ2) is 6.35. The van der Waals surface area contributed by atoms with Crippen molar-refractivity contribution < 1.29 is 9.59 Å². The summed E-state index contributed by atoms with van der Waals surface area (Å²) in [4.78, 5) is 25.9. The summed E-state index contributed by atoms with van der Waals surface area (Å²) < 4.78 is 0. The number of amides is 1. The zero-order chi connectivity index (χ0) is 15.4. The van der Waals surface area contributed by atoms with E-state index in [1.54, 1.807) is 19.2 Å². The third kappa shape index (κ3) is 3.57. The highest BCUT2D eigenvalue weighted by molar-refractivity contribution is 6.42. The van der Waals surface area contributed by atoms with E-state index in [-0.39, 0.29) is 0 Å². The highest BCUT2D eigenvalue weighted by Gasteiger charge is 2.20. The van der Waals surface area contributed by atoms with Crippen LogP contribution in [-0.4, -0.2) is 23.6 Å². The standard InChI is InChI=1S/C18H19NO2/c1-13-8-10-15(11-9-13)17(20)18(21)19(3)12-16-7-5-4-6-14(16)2/h4-11H,12H2,1-3H3. The number of nitrogens with zero attached hydrogens (tertiary/aromatic N) is 1. The molecule has 0 heterocycles. The number of carbonyl (C=O) groups is 2. The molecule has 0 saturated carbocycles. The summed E-state index contributed by atoms with van der Waals surface area (Å²) in [5, 5.41) is 0. The van der Waals surface area contributed by atoms with Gasteiger partial charge >= 0.3 is 0 Å². The van der Waals surface area contributed by atoms with Crippen molar-refractivity contribution in [3.63, 3.8) is 0 Å². The van der Waals surface area contributed by atoms with Crippen molar-refractivity contribution in [1.82, 2.24) is 4.90 Å². The minimum Gasteiger partial charge on any atom is -0.335 e. The van der Waals surface area contributed by atoms with Gasteiger partial charge in [-0.05, 0) is 25.0 Å². The average Bonchev–Trinajstić information content (AvgIpc) is 2.49. The first kappa shape index (κ1) is 15.0. The maximum Gasteiger partial charge on any atom is 0.294 e. The van der Waals surface area contributed by atoms with E-state index in [1.807, 2.05) is 50.2 Å². The maximum absolute atomic E-state index is 12.2. The Morgan fingerprint density at radius 3 is 2.19 bits per heavy atom. The summed E-state index contributed by atoms with van der Waals surface area (Å²) in [6, 6.07) is 14.9. The summed E-state index contributed by atoms with van der Waals surface area (Å²) >= 11 is 0. The van der Waals surface area contributed by atoms with Gasteiger partial charge in [-0.15, -0.1) is 0 Å². The SMILES string of the molecule is Cc1ccc(C(=O)C(=O)N(C)Cc2ccccc2C)cc1. The monoisotopic (exact) mass is 281 g/mol. The summed E-state index contributed by atoms with van der Waals surface area (Å²) in [5.41, 5.74) is 3.65. The van der Waals surface area contributed by atoms with E-state index in [4.69, 9.17) is 0 Å². The Morgan fingerprint density at radius 1 is 0.952 bits per heavy atom. The van der Waals surface area contributed by atoms with Crippen LogP contribution < -0.4 is 0 Å². The van der Waals surface area contributed by atoms with Gasteiger partial charge in [-0.1, -0.05) is 54.1 Å². The first-order chi connectivity index (χ1) is 9.99. The molecule has 3 nitrogen and oxygen atoms in total. The van der Waals surface area contributed by atoms with E-state index in [0.717, 1.165) is 16.7 Å². The summed E-state index contributed by atoms with van der Waals surface area (Å²) in [7, 11) is 1.65. The molecule has 3 heteroatoms. The highest BCUT2D eigenvalue weighted by Crippen LogP contribution is 2.11. The average molecular weight is 281 g/mol. The Labute approximate surface area is 125 Å². The van der Waals surface area contributed by atoms with Crippen molar-refractivity contribution in [1.29, 1.82) is 0 Å². The van der Waals surface area contributed by atoms with E-state index in [1.165, 1.54) is 4.90 Å². The van der Waals surface area contributed by atoms with E-state index in [9.17, 15) is 9.59 Å². The fourth-order valence-electron chi connectivity index (χ4n) is 2.12. The Balaban J connectivity index is 2.10. The molecule has 0 bridgehead atoms. The number of aryl methyl sites for hydroxylation is 2. The van der Waals surface area contributed by atoms with Gasteiger partial charge < -0.3 is 4.90 Å². The molecule has 0 atom stereocenters. The number of hydrogen-bond acceptors (Lipinski definition) is 2. The molecule has 0 aliphatic carbocycles. The van der Waals surface area contributed by atoms with E-state index in [0.29, 0.717) is 12.1 Å². The number of ketones is 1. The predicted octanol–water partition coefficient (Wildman–Crippen LogP) is 3.14. The van der Waals surface area contributed by atoms with E-state index in [2.05, 4.69) is 0 Å². The van der Waals surface area contributed by atoms with Crippen LogP contribution in [0.3, 0.4) is 0 Å². The molecule has 2 rings (SSSR count). The molecule has 0 aromatic heterocycles. The largest absolute Gasteiger partial charge is 0.335 e. The van der Waals surface area contributed by atoms with Crippen LogP contribution in [0.4, 0.5) is 0 Å². The second-order valence-electron chi connectivity index (χ2n) is 5.28. The van der Waals surface area contributed by atoms with Crippen LogP contribution in [0.5, 0.6) is 0 Å². The molecule has 0 aliphatic rings. The van der Waals surface area contributed by atoms with Crippen molar-refractivity contribution in [2.45, 2.75) is 20.4 Å². The van der Waals surface area contributed by atoms with Crippen molar-refractivity contribution in [3.05, 3.63) is 70.8 Å². The molecule has 0 radical (unpaired) electrons. The fourth-order valence-corrected chi connectivity index (χ4v) is 2.12. The van der Waals surface area contributed by atoms with Gasteiger partial charge in [-0.3, -0.25) is 9.59 Å². The molecule has 0 N–H and O–H groups in total. The Hall–Kier alpha value is -2.42. The van der Waals surface area contributed by atoms with Crippen LogP contribution in [0.25, 0.3) is 0 Å². The van der Waals surface area contributed by atoms with Crippen LogP contribution >= 0.6 is 0 Å². The number of benzene rings is 2. The third-order valence-corrected chi connectivity index (χ3v) is 3.52. The zero-order valence-electron chi connectivity index (χ0n) is 12.6. The Kier molecular flexibility index (Phi) is 4.53. The first-order valence-electron chi connectivity index (χ1n) is 6.90. The molecule has 0 saturated heterocycles. The van der Waals surface area contributed by atoms with Crippen molar-refractivity contribution in [2.24, 2.45) is 0 Å². The number of hydrogen-bond donors (Lipinski definition) is 0. The predicted molar refractivity (Wildman–Crippen MR) is 83.2 cm³/mol. The molecular weight excluding hydrogens is 262 g/mol. The zero-order valence-corrected chi connectivity index (χ0v) is 12.6. The molecule has 0 spiro atoms. The summed E-state index contributed by atoms with van der Waals surface area (Å²) in [5.74, 6) is -0.951. The van der Waals surface area contributed by atoms with Gasteiger partial charge in [0, 0.05) is 19.2 Å². The van der Waals surface area contributed by atoms with Gasteiger partial charge in [-0.25, -0.2) is 0 Å². The number of carbonyl (C=O) groups excluding carboxylic acids is 2. The molecule has 1 amide bonds. The van der Waals surface area contributed by atoms with Crippen LogP contribution in [-0.2, 0) is 11.3 Å². The lowest BCUT2D eigenvalue weighted by Crippen LogP contribution is -2.33. The molecule has 0 fully saturated rings. The minimum atomic E-state index is -0.484. The topological polar surface area (TPSA) is 37.4 Å². The van der Waals surface area contributed by atoms with Gasteiger partial charge in [0.1, 0.15) is 0 Å². The summed E-state index contributed by atoms with van der Waals surface area (Å²) in [6.07, 6.45) is 0. The van der Waals surface area contributed by atoms with Crippen molar-refractivity contribution in [3.8, 4) is 0 Å². The van der Waals surface area contributed by atoms with Gasteiger partial charge in [0.25, 0.3) is 5.91 Å². The Bertz CT molecular complexity index is 659. The van der Waals surface area contributed by atoms with Crippen LogP contribution in [0.1, 0.15) is 27.0 Å². The van der Waals surface area contributed by atoms with Crippen molar-refractivity contribution in [2.75, 3.05) is 7.05 Å². The molecule has 2 aromatic carbocycles. The minimum absolute atomic E-state index is 0.433. The fraction of sp³-hybridized carbons (Fsp3) is 0.222. The smallest absolute Gasteiger partial charge is 0.294 e. The molecule has 0 unspecified atom stereocenters. The van der Waals surface area contributed by atoms with E-state index >= 15 is 0 Å². The van der Waals surface area contributed by atoms with Crippen LogP contribution in [0.2, 0.25) is 0 Å². The first-order valence-corrected chi connectivity index (χ1v) is 6.90. The number of Topliss-reactive ketones (excluding diaryl/α,β-unsaturated/α-hetero) is 1. The Morgan fingerprint density at radius 2 is 1.57 bits per heavy atom. The van der Waals surface area contributed by atoms with Gasteiger partial charge in [0.15, 0.2) is 0 Å². The van der Waals surface area contributed by atoms with Crippen LogP contribution in [0, 0.1) is 13.8 Å². The summed E-state index contributed by atoms with van der Waals surface area (Å²) in [6.45, 7) is 4.37. The molecule has 0 aliphatic heterocycles. The second-order valence-corrected chi connectivity index (χ2v) is 5.28. The van der Waals surface area contributed by atoms with Crippen LogP contribution in [0.15, 0.2) is 48.5 Å².